The summed E-state index contributed by atoms with van der Waals surface area (Å²) in [4.78, 5) is 5.43. The zero-order chi connectivity index (χ0) is 15.1. The fourth-order valence-corrected chi connectivity index (χ4v) is 3.78. The topological polar surface area (TPSA) is 67.6 Å². The average Bonchev–Trinajstić information content (AvgIpc) is 2.93. The van der Waals surface area contributed by atoms with Crippen molar-refractivity contribution in [1.82, 2.24) is 15.2 Å². The number of thiazole rings is 1. The number of hydrogen-bond donors (Lipinski definition) is 2. The van der Waals surface area contributed by atoms with Crippen LogP contribution in [-0.2, 0) is 0 Å². The summed E-state index contributed by atoms with van der Waals surface area (Å²) in [5, 5.41) is 9.15. The summed E-state index contributed by atoms with van der Waals surface area (Å²) in [6.07, 6.45) is 0. The molecule has 0 atom stereocenters. The number of nitrogens with one attached hydrogen (secondary N) is 1. The number of halogens is 2. The molecule has 0 aliphatic rings. The molecule has 0 radical (unpaired) electrons. The summed E-state index contributed by atoms with van der Waals surface area (Å²) in [6, 6.07) is 5.36. The highest BCUT2D eigenvalue weighted by Crippen LogP contribution is 2.44. The lowest BCUT2D eigenvalue weighted by Crippen LogP contribution is -1.90. The third-order valence-electron chi connectivity index (χ3n) is 3.14. The molecule has 0 spiro atoms. The van der Waals surface area contributed by atoms with Gasteiger partial charge in [0.25, 0.3) is 0 Å². The molecule has 21 heavy (non-hydrogen) atoms. The molecule has 0 fully saturated rings. The number of aryl methyl sites for hydroxylation is 2. The predicted octanol–water partition coefficient (Wildman–Crippen LogP) is 4.71. The van der Waals surface area contributed by atoms with Crippen molar-refractivity contribution in [2.75, 3.05) is 5.73 Å². The molecule has 0 aliphatic carbocycles. The Morgan fingerprint density at radius 3 is 2.38 bits per heavy atom. The first-order valence-corrected chi connectivity index (χ1v) is 7.79. The molecular formula is C14H12Cl2N4S. The zero-order valence-corrected chi connectivity index (χ0v) is 13.7. The molecule has 0 saturated heterocycles. The van der Waals surface area contributed by atoms with Crippen molar-refractivity contribution >= 4 is 40.4 Å². The molecular weight excluding hydrogens is 327 g/mol. The van der Waals surface area contributed by atoms with Gasteiger partial charge in [-0.05, 0) is 26.0 Å². The van der Waals surface area contributed by atoms with Crippen LogP contribution in [0.5, 0.6) is 0 Å². The highest BCUT2D eigenvalue weighted by molar-refractivity contribution is 7.15. The van der Waals surface area contributed by atoms with E-state index in [1.54, 1.807) is 29.5 Å². The normalized spacial score (nSPS) is 11.0. The Kier molecular flexibility index (Phi) is 3.65. The van der Waals surface area contributed by atoms with Crippen molar-refractivity contribution in [3.63, 3.8) is 0 Å². The fraction of sp³-hybridized carbons (Fsp3) is 0.143. The number of nitrogens with two attached hydrogens (primary N) is 1. The van der Waals surface area contributed by atoms with Gasteiger partial charge >= 0.3 is 0 Å². The van der Waals surface area contributed by atoms with Crippen molar-refractivity contribution in [3.05, 3.63) is 38.9 Å². The SMILES string of the molecule is Cc1nc(C)c(-c2[nH]nc(N)c2-c2c(Cl)cccc2Cl)s1. The first-order chi connectivity index (χ1) is 9.99. The Balaban J connectivity index is 2.30. The Bertz CT molecular complexity index is 802. The summed E-state index contributed by atoms with van der Waals surface area (Å²) in [7, 11) is 0. The maximum atomic E-state index is 6.30. The van der Waals surface area contributed by atoms with E-state index in [1.807, 2.05) is 13.8 Å². The van der Waals surface area contributed by atoms with Gasteiger partial charge in [-0.1, -0.05) is 29.3 Å². The smallest absolute Gasteiger partial charge is 0.153 e. The number of nitrogen functional groups attached to an aromatic ring is 1. The fourth-order valence-electron chi connectivity index (χ4n) is 2.27. The Labute approximate surface area is 135 Å². The van der Waals surface area contributed by atoms with Gasteiger partial charge in [-0.2, -0.15) is 5.10 Å². The number of anilines is 1. The largest absolute Gasteiger partial charge is 0.382 e. The summed E-state index contributed by atoms with van der Waals surface area (Å²) in [5.41, 5.74) is 9.16. The first kappa shape index (κ1) is 14.4. The molecule has 3 N–H and O–H groups in total. The maximum Gasteiger partial charge on any atom is 0.153 e. The molecule has 2 heterocycles. The van der Waals surface area contributed by atoms with Gasteiger partial charge in [0.15, 0.2) is 5.82 Å². The van der Waals surface area contributed by atoms with Crippen LogP contribution in [0.2, 0.25) is 10.0 Å². The maximum absolute atomic E-state index is 6.30. The lowest BCUT2D eigenvalue weighted by molar-refractivity contribution is 1.10. The van der Waals surface area contributed by atoms with Gasteiger partial charge in [-0.15, -0.1) is 11.3 Å². The second-order valence-electron chi connectivity index (χ2n) is 4.60. The molecule has 108 valence electrons. The van der Waals surface area contributed by atoms with Crippen LogP contribution < -0.4 is 5.73 Å². The lowest BCUT2D eigenvalue weighted by atomic mass is 10.0. The summed E-state index contributed by atoms with van der Waals surface area (Å²) < 4.78 is 0. The van der Waals surface area contributed by atoms with Gasteiger partial charge < -0.3 is 5.73 Å². The molecule has 0 bridgehead atoms. The molecule has 1 aromatic carbocycles. The molecule has 0 aliphatic heterocycles. The van der Waals surface area contributed by atoms with Crippen molar-refractivity contribution in [3.8, 4) is 21.7 Å². The highest BCUT2D eigenvalue weighted by atomic mass is 35.5. The quantitative estimate of drug-likeness (QED) is 0.711. The van der Waals surface area contributed by atoms with Crippen LogP contribution in [0.25, 0.3) is 21.7 Å². The minimum Gasteiger partial charge on any atom is -0.382 e. The van der Waals surface area contributed by atoms with E-state index in [1.165, 1.54) is 0 Å². The van der Waals surface area contributed by atoms with Crippen LogP contribution >= 0.6 is 34.5 Å². The van der Waals surface area contributed by atoms with E-state index in [0.29, 0.717) is 21.4 Å². The molecule has 7 heteroatoms. The Hall–Kier alpha value is -1.56. The summed E-state index contributed by atoms with van der Waals surface area (Å²) in [6.45, 7) is 3.91. The number of H-pyrrole nitrogens is 1. The lowest BCUT2D eigenvalue weighted by Gasteiger charge is -2.08. The van der Waals surface area contributed by atoms with E-state index >= 15 is 0 Å². The van der Waals surface area contributed by atoms with Crippen molar-refractivity contribution in [1.29, 1.82) is 0 Å². The molecule has 0 saturated carbocycles. The van der Waals surface area contributed by atoms with Gasteiger partial charge in [-0.3, -0.25) is 5.10 Å². The molecule has 3 aromatic rings. The molecule has 0 unspecified atom stereocenters. The number of hydrogen-bond acceptors (Lipinski definition) is 4. The van der Waals surface area contributed by atoms with E-state index in [0.717, 1.165) is 26.8 Å². The highest BCUT2D eigenvalue weighted by Gasteiger charge is 2.22. The number of aromatic nitrogens is 3. The van der Waals surface area contributed by atoms with Crippen LogP contribution in [0.3, 0.4) is 0 Å². The minimum atomic E-state index is 0.366. The van der Waals surface area contributed by atoms with Gasteiger partial charge in [0.2, 0.25) is 0 Å². The first-order valence-electron chi connectivity index (χ1n) is 6.21. The van der Waals surface area contributed by atoms with Gasteiger partial charge in [-0.25, -0.2) is 4.98 Å². The summed E-state index contributed by atoms with van der Waals surface area (Å²) in [5.74, 6) is 0.366. The number of aromatic amines is 1. The van der Waals surface area contributed by atoms with Crippen LogP contribution in [0, 0.1) is 13.8 Å². The molecule has 4 nitrogen and oxygen atoms in total. The zero-order valence-electron chi connectivity index (χ0n) is 11.4. The third-order valence-corrected chi connectivity index (χ3v) is 4.86. The van der Waals surface area contributed by atoms with E-state index in [9.17, 15) is 0 Å². The second kappa shape index (κ2) is 5.33. The third kappa shape index (κ3) is 2.41. The predicted molar refractivity (Wildman–Crippen MR) is 89.0 cm³/mol. The number of nitrogens with zero attached hydrogens (tertiary/aromatic N) is 2. The van der Waals surface area contributed by atoms with Crippen LogP contribution in [-0.4, -0.2) is 15.2 Å². The van der Waals surface area contributed by atoms with E-state index in [2.05, 4.69) is 15.2 Å². The second-order valence-corrected chi connectivity index (χ2v) is 6.62. The molecule has 0 amide bonds. The molecule has 3 rings (SSSR count). The standard InChI is InChI=1S/C14H12Cl2N4S/c1-6-13(21-7(2)18-6)12-11(14(17)20-19-12)10-8(15)4-3-5-9(10)16/h3-5H,1-2H3,(H3,17,19,20). The van der Waals surface area contributed by atoms with Crippen molar-refractivity contribution < 1.29 is 0 Å². The average molecular weight is 339 g/mol. The van der Waals surface area contributed by atoms with Crippen molar-refractivity contribution in [2.24, 2.45) is 0 Å². The Morgan fingerprint density at radius 1 is 1.14 bits per heavy atom. The van der Waals surface area contributed by atoms with Crippen LogP contribution in [0.4, 0.5) is 5.82 Å². The van der Waals surface area contributed by atoms with Gasteiger partial charge in [0.05, 0.1) is 36.9 Å². The Morgan fingerprint density at radius 2 is 1.81 bits per heavy atom. The van der Waals surface area contributed by atoms with Crippen LogP contribution in [0.15, 0.2) is 18.2 Å². The summed E-state index contributed by atoms with van der Waals surface area (Å²) >= 11 is 14.2. The molecule has 2 aromatic heterocycles. The van der Waals surface area contributed by atoms with Gasteiger partial charge in [0, 0.05) is 5.56 Å². The van der Waals surface area contributed by atoms with Crippen LogP contribution in [0.1, 0.15) is 10.7 Å². The monoisotopic (exact) mass is 338 g/mol. The van der Waals surface area contributed by atoms with Crippen molar-refractivity contribution in [2.45, 2.75) is 13.8 Å². The van der Waals surface area contributed by atoms with Gasteiger partial charge in [0.1, 0.15) is 0 Å². The minimum absolute atomic E-state index is 0.366. The number of benzene rings is 1. The van der Waals surface area contributed by atoms with E-state index in [4.69, 9.17) is 28.9 Å². The van der Waals surface area contributed by atoms with E-state index < -0.39 is 0 Å². The number of rotatable bonds is 2. The van der Waals surface area contributed by atoms with E-state index in [-0.39, 0.29) is 0 Å².